The third kappa shape index (κ3) is 3.89. The van der Waals surface area contributed by atoms with Crippen LogP contribution in [0.5, 0.6) is 0 Å². The smallest absolute Gasteiger partial charge is 0.230 e. The van der Waals surface area contributed by atoms with Crippen LogP contribution in [0, 0.1) is 0 Å². The van der Waals surface area contributed by atoms with E-state index in [0.29, 0.717) is 31.7 Å². The summed E-state index contributed by atoms with van der Waals surface area (Å²) in [6, 6.07) is 19.3. The molecule has 0 unspecified atom stereocenters. The molecule has 2 amide bonds. The van der Waals surface area contributed by atoms with Crippen molar-refractivity contribution in [3.8, 4) is 0 Å². The third-order valence-electron chi connectivity index (χ3n) is 4.67. The minimum Gasteiger partial charge on any atom is -0.332 e. The zero-order valence-electron chi connectivity index (χ0n) is 14.8. The van der Waals surface area contributed by atoms with E-state index in [9.17, 15) is 9.59 Å². The molecule has 27 heavy (non-hydrogen) atoms. The van der Waals surface area contributed by atoms with Gasteiger partial charge in [-0.3, -0.25) is 14.7 Å². The number of aromatic nitrogens is 2. The molecule has 0 saturated carbocycles. The summed E-state index contributed by atoms with van der Waals surface area (Å²) in [5.41, 5.74) is 3.71. The van der Waals surface area contributed by atoms with Gasteiger partial charge in [0, 0.05) is 5.56 Å². The van der Waals surface area contributed by atoms with Crippen molar-refractivity contribution in [3.05, 3.63) is 83.0 Å². The summed E-state index contributed by atoms with van der Waals surface area (Å²) in [4.78, 5) is 26.6. The van der Waals surface area contributed by atoms with Gasteiger partial charge in [-0.2, -0.15) is 5.10 Å². The van der Waals surface area contributed by atoms with Gasteiger partial charge in [0.15, 0.2) is 5.82 Å². The second-order valence-electron chi connectivity index (χ2n) is 6.65. The molecule has 0 spiro atoms. The molecule has 2 aromatic carbocycles. The highest BCUT2D eigenvalue weighted by Crippen LogP contribution is 2.27. The summed E-state index contributed by atoms with van der Waals surface area (Å²) in [6.07, 6.45) is 0.660. The first-order valence-corrected chi connectivity index (χ1v) is 8.90. The second kappa shape index (κ2) is 7.45. The topological polar surface area (TPSA) is 78.1 Å². The number of carbonyl (C=O) groups excluding carboxylic acids is 2. The highest BCUT2D eigenvalue weighted by molar-refractivity contribution is 5.92. The summed E-state index contributed by atoms with van der Waals surface area (Å²) in [5.74, 6) is 0.456. The highest BCUT2D eigenvalue weighted by Gasteiger charge is 2.28. The molecule has 4 rings (SSSR count). The van der Waals surface area contributed by atoms with Crippen molar-refractivity contribution < 1.29 is 9.59 Å². The number of hydrogen-bond donors (Lipinski definition) is 2. The summed E-state index contributed by atoms with van der Waals surface area (Å²) in [6.45, 7) is 0.945. The fourth-order valence-corrected chi connectivity index (χ4v) is 3.26. The van der Waals surface area contributed by atoms with Crippen molar-refractivity contribution in [3.63, 3.8) is 0 Å². The van der Waals surface area contributed by atoms with Crippen LogP contribution in [0.25, 0.3) is 0 Å². The normalized spacial score (nSPS) is 12.7. The molecule has 2 heterocycles. The molecule has 1 aromatic heterocycles. The average molecular weight is 360 g/mol. The maximum Gasteiger partial charge on any atom is 0.230 e. The Balaban J connectivity index is 1.38. The zero-order chi connectivity index (χ0) is 18.6. The molecule has 0 radical (unpaired) electrons. The van der Waals surface area contributed by atoms with Gasteiger partial charge in [-0.05, 0) is 11.1 Å². The number of nitrogens with zero attached hydrogens (tertiary/aromatic N) is 2. The quantitative estimate of drug-likeness (QED) is 0.734. The monoisotopic (exact) mass is 360 g/mol. The van der Waals surface area contributed by atoms with Crippen LogP contribution in [0.15, 0.2) is 60.7 Å². The number of rotatable bonds is 5. The Kier molecular flexibility index (Phi) is 4.70. The number of aromatic amines is 1. The van der Waals surface area contributed by atoms with E-state index < -0.39 is 0 Å². The molecule has 3 aromatic rings. The number of fused-ring (bicyclic) bond motifs is 1. The first-order valence-electron chi connectivity index (χ1n) is 8.90. The van der Waals surface area contributed by atoms with Gasteiger partial charge < -0.3 is 10.2 Å². The highest BCUT2D eigenvalue weighted by atomic mass is 16.2. The van der Waals surface area contributed by atoms with Gasteiger partial charge in [0.05, 0.1) is 31.6 Å². The number of carbonyl (C=O) groups is 2. The van der Waals surface area contributed by atoms with Crippen molar-refractivity contribution in [2.45, 2.75) is 25.9 Å². The van der Waals surface area contributed by atoms with Gasteiger partial charge in [-0.15, -0.1) is 0 Å². The first kappa shape index (κ1) is 17.0. The lowest BCUT2D eigenvalue weighted by atomic mass is 10.1. The van der Waals surface area contributed by atoms with Crippen molar-refractivity contribution >= 4 is 17.6 Å². The molecule has 0 aliphatic carbocycles. The lowest BCUT2D eigenvalue weighted by Crippen LogP contribution is -2.27. The Bertz CT molecular complexity index is 951. The lowest BCUT2D eigenvalue weighted by molar-refractivity contribution is -0.131. The molecule has 0 fully saturated rings. The summed E-state index contributed by atoms with van der Waals surface area (Å²) >= 11 is 0. The van der Waals surface area contributed by atoms with Crippen molar-refractivity contribution in [2.75, 3.05) is 5.32 Å². The molecular weight excluding hydrogens is 340 g/mol. The molecule has 0 saturated heterocycles. The average Bonchev–Trinajstić information content (AvgIpc) is 3.25. The summed E-state index contributed by atoms with van der Waals surface area (Å²) < 4.78 is 0. The molecular formula is C21H20N4O2. The van der Waals surface area contributed by atoms with Gasteiger partial charge in [-0.25, -0.2) is 0 Å². The van der Waals surface area contributed by atoms with Crippen molar-refractivity contribution in [1.82, 2.24) is 15.1 Å². The number of anilines is 1. The minimum atomic E-state index is -0.121. The van der Waals surface area contributed by atoms with Crippen LogP contribution in [0.1, 0.15) is 22.4 Å². The standard InChI is InChI=1S/C21H20N4O2/c26-19(11-15-7-3-1-4-8-15)22-21-17-13-25(14-18(17)23-24-21)20(27)12-16-9-5-2-6-10-16/h1-10H,11-14H2,(H2,22,23,24,26). The second-order valence-corrected chi connectivity index (χ2v) is 6.65. The van der Waals surface area contributed by atoms with Crippen molar-refractivity contribution in [1.29, 1.82) is 0 Å². The minimum absolute atomic E-state index is 0.0624. The van der Waals surface area contributed by atoms with Gasteiger partial charge >= 0.3 is 0 Å². The zero-order valence-corrected chi connectivity index (χ0v) is 14.8. The number of benzene rings is 2. The number of hydrogen-bond acceptors (Lipinski definition) is 3. The largest absolute Gasteiger partial charge is 0.332 e. The SMILES string of the molecule is O=C(Cc1ccccc1)Nc1n[nH]c2c1CN(C(=O)Cc1ccccc1)C2. The summed E-state index contributed by atoms with van der Waals surface area (Å²) in [7, 11) is 0. The van der Waals surface area contributed by atoms with Crippen molar-refractivity contribution in [2.24, 2.45) is 0 Å². The molecule has 136 valence electrons. The number of amides is 2. The van der Waals surface area contributed by atoms with E-state index in [2.05, 4.69) is 15.5 Å². The van der Waals surface area contributed by atoms with E-state index >= 15 is 0 Å². The van der Waals surface area contributed by atoms with Crippen LogP contribution in [0.4, 0.5) is 5.82 Å². The van der Waals surface area contributed by atoms with E-state index in [-0.39, 0.29) is 11.8 Å². The molecule has 1 aliphatic heterocycles. The van der Waals surface area contributed by atoms with E-state index in [1.54, 1.807) is 4.90 Å². The Morgan fingerprint density at radius 2 is 1.56 bits per heavy atom. The molecule has 6 nitrogen and oxygen atoms in total. The van der Waals surface area contributed by atoms with Gasteiger partial charge in [0.25, 0.3) is 0 Å². The number of nitrogens with one attached hydrogen (secondary N) is 2. The molecule has 0 atom stereocenters. The van der Waals surface area contributed by atoms with Crippen LogP contribution in [-0.4, -0.2) is 26.9 Å². The molecule has 1 aliphatic rings. The van der Waals surface area contributed by atoms with E-state index in [4.69, 9.17) is 0 Å². The predicted molar refractivity (Wildman–Crippen MR) is 102 cm³/mol. The van der Waals surface area contributed by atoms with Crippen LogP contribution in [-0.2, 0) is 35.5 Å². The predicted octanol–water partition coefficient (Wildman–Crippen LogP) is 2.68. The van der Waals surface area contributed by atoms with Crippen LogP contribution < -0.4 is 5.32 Å². The van der Waals surface area contributed by atoms with E-state index in [1.807, 2.05) is 60.7 Å². The first-order chi connectivity index (χ1) is 13.2. The lowest BCUT2D eigenvalue weighted by Gasteiger charge is -2.16. The Morgan fingerprint density at radius 3 is 2.22 bits per heavy atom. The van der Waals surface area contributed by atoms with Gasteiger partial charge in [0.1, 0.15) is 0 Å². The summed E-state index contributed by atoms with van der Waals surface area (Å²) in [5, 5.41) is 10.0. The van der Waals surface area contributed by atoms with E-state index in [0.717, 1.165) is 22.4 Å². The maximum absolute atomic E-state index is 12.6. The van der Waals surface area contributed by atoms with Crippen LogP contribution >= 0.6 is 0 Å². The fourth-order valence-electron chi connectivity index (χ4n) is 3.26. The van der Waals surface area contributed by atoms with Gasteiger partial charge in [0.2, 0.25) is 11.8 Å². The Hall–Kier alpha value is -3.41. The number of H-pyrrole nitrogens is 1. The fraction of sp³-hybridized carbons (Fsp3) is 0.190. The Morgan fingerprint density at radius 1 is 0.926 bits per heavy atom. The molecule has 6 heteroatoms. The van der Waals surface area contributed by atoms with Crippen LogP contribution in [0.2, 0.25) is 0 Å². The molecule has 2 N–H and O–H groups in total. The maximum atomic E-state index is 12.6. The third-order valence-corrected chi connectivity index (χ3v) is 4.67. The van der Waals surface area contributed by atoms with Crippen LogP contribution in [0.3, 0.4) is 0 Å². The van der Waals surface area contributed by atoms with Gasteiger partial charge in [-0.1, -0.05) is 60.7 Å². The Labute approximate surface area is 157 Å². The molecule has 0 bridgehead atoms. The van der Waals surface area contributed by atoms with E-state index in [1.165, 1.54) is 0 Å².